The molecule has 0 radical (unpaired) electrons. The molecule has 0 unspecified atom stereocenters. The van der Waals surface area contributed by atoms with Crippen LogP contribution in [-0.2, 0) is 0 Å². The molecule has 0 aliphatic carbocycles. The minimum Gasteiger partial charge on any atom is -0.436 e. The van der Waals surface area contributed by atoms with Gasteiger partial charge in [-0.3, -0.25) is 0 Å². The van der Waals surface area contributed by atoms with Crippen LogP contribution in [0.4, 0.5) is 4.39 Å². The van der Waals surface area contributed by atoms with Crippen LogP contribution < -0.4 is 4.74 Å². The monoisotopic (exact) mass is 238 g/mol. The molecule has 2 aromatic rings. The zero-order valence-electron chi connectivity index (χ0n) is 8.45. The van der Waals surface area contributed by atoms with Gasteiger partial charge in [-0.05, 0) is 30.7 Å². The maximum absolute atomic E-state index is 12.9. The second kappa shape index (κ2) is 4.45. The van der Waals surface area contributed by atoms with E-state index >= 15 is 0 Å². The van der Waals surface area contributed by atoms with Crippen LogP contribution in [0.2, 0.25) is 5.15 Å². The van der Waals surface area contributed by atoms with Crippen molar-refractivity contribution in [1.29, 1.82) is 0 Å². The molecule has 16 heavy (non-hydrogen) atoms. The van der Waals surface area contributed by atoms with Crippen LogP contribution in [-0.4, -0.2) is 9.97 Å². The van der Waals surface area contributed by atoms with Crippen molar-refractivity contribution in [3.63, 3.8) is 0 Å². The minimum absolute atomic E-state index is 0.172. The first kappa shape index (κ1) is 10.8. The van der Waals surface area contributed by atoms with Gasteiger partial charge in [-0.1, -0.05) is 11.6 Å². The Balaban J connectivity index is 2.31. The molecule has 0 saturated heterocycles. The van der Waals surface area contributed by atoms with E-state index in [-0.39, 0.29) is 16.9 Å². The number of nitrogens with zero attached hydrogens (tertiary/aromatic N) is 2. The Hall–Kier alpha value is -1.68. The summed E-state index contributed by atoms with van der Waals surface area (Å²) in [5.74, 6) is 0.401. The maximum atomic E-state index is 12.9. The fourth-order valence-corrected chi connectivity index (χ4v) is 1.35. The Bertz CT molecular complexity index is 519. The predicted molar refractivity (Wildman–Crippen MR) is 58.3 cm³/mol. The molecule has 0 spiro atoms. The Morgan fingerprint density at radius 2 is 2.00 bits per heavy atom. The van der Waals surface area contributed by atoms with Gasteiger partial charge < -0.3 is 4.74 Å². The number of halogens is 2. The molecule has 82 valence electrons. The second-order valence-electron chi connectivity index (χ2n) is 3.16. The fraction of sp³-hybridized carbons (Fsp3) is 0.0909. The first-order valence-corrected chi connectivity index (χ1v) is 4.95. The van der Waals surface area contributed by atoms with Gasteiger partial charge in [0.15, 0.2) is 5.15 Å². The fourth-order valence-electron chi connectivity index (χ4n) is 1.21. The van der Waals surface area contributed by atoms with Crippen LogP contribution >= 0.6 is 11.6 Å². The Labute approximate surface area is 96.9 Å². The average Bonchev–Trinajstić information content (AvgIpc) is 2.25. The Morgan fingerprint density at radius 1 is 1.25 bits per heavy atom. The topological polar surface area (TPSA) is 35.0 Å². The summed E-state index contributed by atoms with van der Waals surface area (Å²) in [4.78, 5) is 7.75. The van der Waals surface area contributed by atoms with E-state index in [1.54, 1.807) is 6.92 Å². The van der Waals surface area contributed by atoms with Gasteiger partial charge in [0, 0.05) is 12.4 Å². The molecular weight excluding hydrogens is 231 g/mol. The number of ether oxygens (including phenoxy) is 1. The van der Waals surface area contributed by atoms with Crippen molar-refractivity contribution >= 4 is 11.6 Å². The van der Waals surface area contributed by atoms with Crippen LogP contribution in [0.3, 0.4) is 0 Å². The highest BCUT2D eigenvalue weighted by Crippen LogP contribution is 2.27. The van der Waals surface area contributed by atoms with E-state index in [4.69, 9.17) is 16.3 Å². The van der Waals surface area contributed by atoms with Crippen molar-refractivity contribution in [3.05, 3.63) is 47.1 Å². The van der Waals surface area contributed by atoms with Crippen molar-refractivity contribution in [2.45, 2.75) is 6.92 Å². The molecular formula is C11H8ClFN2O. The van der Waals surface area contributed by atoms with Crippen molar-refractivity contribution in [1.82, 2.24) is 9.97 Å². The number of hydrogen-bond acceptors (Lipinski definition) is 3. The van der Waals surface area contributed by atoms with E-state index in [2.05, 4.69) is 9.97 Å². The summed E-state index contributed by atoms with van der Waals surface area (Å²) in [5.41, 5.74) is 0.668. The van der Waals surface area contributed by atoms with Gasteiger partial charge >= 0.3 is 0 Å². The number of aromatic nitrogens is 2. The lowest BCUT2D eigenvalue weighted by atomic mass is 10.2. The number of benzene rings is 1. The standard InChI is InChI=1S/C11H8ClFN2O/c1-7-6-8(13)2-3-9(7)16-11-10(12)14-4-5-15-11/h2-6H,1H3. The summed E-state index contributed by atoms with van der Waals surface area (Å²) in [5, 5.41) is 0.172. The maximum Gasteiger partial charge on any atom is 0.257 e. The summed E-state index contributed by atoms with van der Waals surface area (Å²) < 4.78 is 18.3. The number of aryl methyl sites for hydroxylation is 1. The normalized spacial score (nSPS) is 10.2. The van der Waals surface area contributed by atoms with Crippen molar-refractivity contribution in [2.75, 3.05) is 0 Å². The smallest absolute Gasteiger partial charge is 0.257 e. The van der Waals surface area contributed by atoms with Crippen LogP contribution in [0.1, 0.15) is 5.56 Å². The largest absolute Gasteiger partial charge is 0.436 e. The van der Waals surface area contributed by atoms with Crippen LogP contribution in [0, 0.1) is 12.7 Å². The summed E-state index contributed by atoms with van der Waals surface area (Å²) in [6, 6.07) is 4.21. The van der Waals surface area contributed by atoms with E-state index < -0.39 is 0 Å². The number of rotatable bonds is 2. The van der Waals surface area contributed by atoms with Gasteiger partial charge in [0.25, 0.3) is 5.88 Å². The molecule has 0 N–H and O–H groups in total. The summed E-state index contributed by atoms with van der Waals surface area (Å²) in [6.45, 7) is 1.74. The van der Waals surface area contributed by atoms with Crippen molar-refractivity contribution in [2.24, 2.45) is 0 Å². The highest BCUT2D eigenvalue weighted by Gasteiger charge is 2.07. The van der Waals surface area contributed by atoms with Gasteiger partial charge in [-0.15, -0.1) is 0 Å². The summed E-state index contributed by atoms with van der Waals surface area (Å²) in [7, 11) is 0. The van der Waals surface area contributed by atoms with Crippen LogP contribution in [0.15, 0.2) is 30.6 Å². The van der Waals surface area contributed by atoms with Gasteiger partial charge in [0.2, 0.25) is 0 Å². The molecule has 1 aromatic heterocycles. The van der Waals surface area contributed by atoms with E-state index in [1.165, 1.54) is 30.6 Å². The molecule has 0 aliphatic rings. The lowest BCUT2D eigenvalue weighted by Gasteiger charge is -2.07. The third kappa shape index (κ3) is 2.28. The lowest BCUT2D eigenvalue weighted by molar-refractivity contribution is 0.455. The molecule has 0 atom stereocenters. The lowest BCUT2D eigenvalue weighted by Crippen LogP contribution is -1.92. The van der Waals surface area contributed by atoms with Gasteiger partial charge in [0.05, 0.1) is 0 Å². The molecule has 0 aliphatic heterocycles. The van der Waals surface area contributed by atoms with E-state index in [0.29, 0.717) is 11.3 Å². The third-order valence-corrected chi connectivity index (χ3v) is 2.23. The van der Waals surface area contributed by atoms with E-state index in [9.17, 15) is 4.39 Å². The van der Waals surface area contributed by atoms with E-state index in [0.717, 1.165) is 0 Å². The Kier molecular flexibility index (Phi) is 3.01. The zero-order chi connectivity index (χ0) is 11.5. The zero-order valence-corrected chi connectivity index (χ0v) is 9.20. The minimum atomic E-state index is -0.310. The second-order valence-corrected chi connectivity index (χ2v) is 3.52. The molecule has 0 fully saturated rings. The van der Waals surface area contributed by atoms with Crippen LogP contribution in [0.5, 0.6) is 11.6 Å². The van der Waals surface area contributed by atoms with Crippen LogP contribution in [0.25, 0.3) is 0 Å². The Morgan fingerprint density at radius 3 is 2.69 bits per heavy atom. The molecule has 1 aromatic carbocycles. The highest BCUT2D eigenvalue weighted by atomic mass is 35.5. The first-order chi connectivity index (χ1) is 7.66. The van der Waals surface area contributed by atoms with Gasteiger partial charge in [0.1, 0.15) is 11.6 Å². The summed E-state index contributed by atoms with van der Waals surface area (Å²) >= 11 is 5.79. The van der Waals surface area contributed by atoms with Crippen molar-refractivity contribution < 1.29 is 9.13 Å². The molecule has 1 heterocycles. The molecule has 2 rings (SSSR count). The number of hydrogen-bond donors (Lipinski definition) is 0. The molecule has 0 amide bonds. The van der Waals surface area contributed by atoms with Gasteiger partial charge in [-0.2, -0.15) is 0 Å². The average molecular weight is 239 g/mol. The molecule has 0 bridgehead atoms. The molecule has 3 nitrogen and oxygen atoms in total. The predicted octanol–water partition coefficient (Wildman–Crippen LogP) is 3.37. The van der Waals surface area contributed by atoms with E-state index in [1.807, 2.05) is 0 Å². The third-order valence-electron chi connectivity index (χ3n) is 1.97. The summed E-state index contributed by atoms with van der Waals surface area (Å²) in [6.07, 6.45) is 2.94. The van der Waals surface area contributed by atoms with Gasteiger partial charge in [-0.25, -0.2) is 14.4 Å². The quantitative estimate of drug-likeness (QED) is 0.805. The molecule has 5 heteroatoms. The first-order valence-electron chi connectivity index (χ1n) is 4.57. The molecule has 0 saturated carbocycles. The highest BCUT2D eigenvalue weighted by molar-refractivity contribution is 6.30. The SMILES string of the molecule is Cc1cc(F)ccc1Oc1nccnc1Cl. The van der Waals surface area contributed by atoms with Crippen molar-refractivity contribution in [3.8, 4) is 11.6 Å².